The van der Waals surface area contributed by atoms with E-state index in [9.17, 15) is 8.22 Å². The van der Waals surface area contributed by atoms with Crippen molar-refractivity contribution < 1.29 is 23.3 Å². The highest BCUT2D eigenvalue weighted by Gasteiger charge is 2.18. The molecule has 0 aliphatic rings. The average Bonchev–Trinajstić information content (AvgIpc) is 3.30. The molecule has 8 aromatic rings. The Balaban J connectivity index is 1.46. The van der Waals surface area contributed by atoms with Gasteiger partial charge in [-0.1, -0.05) is 170 Å². The topological polar surface area (TPSA) is 3.24 Å². The minimum absolute atomic E-state index is 0.0234. The first kappa shape index (κ1) is 15.4. The van der Waals surface area contributed by atoms with Gasteiger partial charge in [-0.3, -0.25) is 0 Å². The van der Waals surface area contributed by atoms with Gasteiger partial charge in [0, 0.05) is 16.9 Å². The Labute approximate surface area is 300 Å². The summed E-state index contributed by atoms with van der Waals surface area (Å²) in [7, 11) is 0. The van der Waals surface area contributed by atoms with Gasteiger partial charge in [0.05, 0.1) is 29.0 Å². The Kier molecular flexibility index (Phi) is 4.15. The summed E-state index contributed by atoms with van der Waals surface area (Å²) in [5, 5.41) is 1.43. The first-order valence-electron chi connectivity index (χ1n) is 23.2. The number of para-hydroxylation sites is 1. The van der Waals surface area contributed by atoms with Crippen molar-refractivity contribution in [3.05, 3.63) is 200 Å². The molecule has 0 aliphatic carbocycles. The van der Waals surface area contributed by atoms with E-state index in [2.05, 4.69) is 0 Å². The van der Waals surface area contributed by atoms with Gasteiger partial charge < -0.3 is 4.90 Å². The van der Waals surface area contributed by atoms with Crippen LogP contribution in [0.4, 0.5) is 17.1 Å². The lowest BCUT2D eigenvalue weighted by molar-refractivity contribution is 1.28. The van der Waals surface area contributed by atoms with Crippen LogP contribution in [-0.4, -0.2) is 0 Å². The molecule has 0 aromatic heterocycles. The largest absolute Gasteiger partial charge is 0.310 e. The van der Waals surface area contributed by atoms with E-state index in [1.165, 1.54) is 4.90 Å². The third-order valence-corrected chi connectivity index (χ3v) is 7.58. The van der Waals surface area contributed by atoms with Crippen molar-refractivity contribution in [2.45, 2.75) is 0 Å². The first-order valence-corrected chi connectivity index (χ1v) is 14.7. The second kappa shape index (κ2) is 12.7. The van der Waals surface area contributed by atoms with E-state index in [4.69, 9.17) is 15.1 Å². The number of fused-ring (bicyclic) bond motifs is 1. The lowest BCUT2D eigenvalue weighted by Crippen LogP contribution is -2.11. The van der Waals surface area contributed by atoms with Gasteiger partial charge in [-0.2, -0.15) is 0 Å². The molecule has 0 spiro atoms. The highest BCUT2D eigenvalue weighted by atomic mass is 15.1. The van der Waals surface area contributed by atoms with Crippen LogP contribution in [0.5, 0.6) is 0 Å². The van der Waals surface area contributed by atoms with Crippen LogP contribution in [0.25, 0.3) is 55.3 Å². The van der Waals surface area contributed by atoms with Gasteiger partial charge in [0.25, 0.3) is 0 Å². The third-order valence-electron chi connectivity index (χ3n) is 7.58. The molecule has 0 unspecified atom stereocenters. The summed E-state index contributed by atoms with van der Waals surface area (Å²) < 4.78 is 152. The zero-order valence-corrected chi connectivity index (χ0v) is 24.7. The van der Waals surface area contributed by atoms with Crippen LogP contribution in [0.15, 0.2) is 200 Å². The summed E-state index contributed by atoms with van der Waals surface area (Å²) >= 11 is 0. The molecular formula is C46H33N. The summed E-state index contributed by atoms with van der Waals surface area (Å²) in [6, 6.07) is 15.7. The number of benzene rings is 8. The number of anilines is 3. The van der Waals surface area contributed by atoms with Gasteiger partial charge in [-0.15, -0.1) is 0 Å². The van der Waals surface area contributed by atoms with Crippen molar-refractivity contribution in [2.24, 2.45) is 0 Å². The molecule has 0 bridgehead atoms. The summed E-state index contributed by atoms with van der Waals surface area (Å²) in [6.45, 7) is 0. The van der Waals surface area contributed by atoms with E-state index in [1.54, 1.807) is 78.9 Å². The monoisotopic (exact) mass is 616 g/mol. The van der Waals surface area contributed by atoms with Crippen molar-refractivity contribution in [2.75, 3.05) is 4.90 Å². The maximum atomic E-state index is 9.80. The van der Waals surface area contributed by atoms with Gasteiger partial charge in [0.15, 0.2) is 0 Å². The van der Waals surface area contributed by atoms with Crippen molar-refractivity contribution >= 4 is 27.8 Å². The van der Waals surface area contributed by atoms with Crippen molar-refractivity contribution in [1.82, 2.24) is 0 Å². The number of rotatable bonds is 7. The molecular weight excluding hydrogens is 567 g/mol. The fourth-order valence-corrected chi connectivity index (χ4v) is 5.39. The zero-order chi connectivity index (χ0) is 46.2. The molecule has 0 saturated heterocycles. The highest BCUT2D eigenvalue weighted by molar-refractivity contribution is 5.98. The second-order valence-electron chi connectivity index (χ2n) is 10.4. The van der Waals surface area contributed by atoms with Gasteiger partial charge >= 0.3 is 0 Å². The molecule has 222 valence electrons. The van der Waals surface area contributed by atoms with Crippen LogP contribution in [0.1, 0.15) is 23.3 Å². The molecule has 0 fully saturated rings. The quantitative estimate of drug-likeness (QED) is 0.172. The molecule has 0 saturated carbocycles. The van der Waals surface area contributed by atoms with Gasteiger partial charge in [-0.25, -0.2) is 0 Å². The Morgan fingerprint density at radius 3 is 1.70 bits per heavy atom. The van der Waals surface area contributed by atoms with Crippen LogP contribution in [0.2, 0.25) is 0 Å². The fourth-order valence-electron chi connectivity index (χ4n) is 5.39. The molecule has 8 rings (SSSR count). The smallest absolute Gasteiger partial charge is 0.0651 e. The summed E-state index contributed by atoms with van der Waals surface area (Å²) in [6.07, 6.45) is 0. The highest BCUT2D eigenvalue weighted by Crippen LogP contribution is 2.42. The Morgan fingerprint density at radius 1 is 0.362 bits per heavy atom. The summed E-state index contributed by atoms with van der Waals surface area (Å²) in [5.74, 6) is 0. The van der Waals surface area contributed by atoms with Crippen LogP contribution in [0.3, 0.4) is 0 Å². The fraction of sp³-hybridized carbons (Fsp3) is 0. The molecule has 0 N–H and O–H groups in total. The zero-order valence-electron chi connectivity index (χ0n) is 41.7. The number of nitrogens with zero attached hydrogens (tertiary/aromatic N) is 1. The molecule has 47 heavy (non-hydrogen) atoms. The molecule has 0 heterocycles. The van der Waals surface area contributed by atoms with Crippen LogP contribution in [0, 0.1) is 0 Å². The van der Waals surface area contributed by atoms with E-state index >= 15 is 0 Å². The van der Waals surface area contributed by atoms with Gasteiger partial charge in [0.1, 0.15) is 0 Å². The number of hydrogen-bond donors (Lipinski definition) is 0. The lowest BCUT2D eigenvalue weighted by Gasteiger charge is -2.28. The van der Waals surface area contributed by atoms with Crippen molar-refractivity contribution in [1.29, 1.82) is 0 Å². The summed E-state index contributed by atoms with van der Waals surface area (Å²) in [5.41, 5.74) is -1.68. The van der Waals surface area contributed by atoms with Crippen LogP contribution >= 0.6 is 0 Å². The van der Waals surface area contributed by atoms with Gasteiger partial charge in [0.2, 0.25) is 0 Å². The predicted octanol–water partition coefficient (Wildman–Crippen LogP) is 13.0. The Bertz CT molecular complexity index is 3170. The first-order chi connectivity index (χ1) is 30.4. The molecule has 0 aliphatic heterocycles. The molecule has 8 aromatic carbocycles. The molecule has 1 heteroatoms. The SMILES string of the molecule is [2H]c1c([2H])c([2H])c(-c2c([2H])c([2H])c(-c3c([2H])c([2H])c(N(c4ccccc4-c4ccccc4)c4c([2H])c([2H])c([2H])c(-c5cccc6ccccc56)c4[2H])c([2H])c3[2H])c([2H])c2[2H])c([2H])c1[2H]. The minimum atomic E-state index is -0.867. The van der Waals surface area contributed by atoms with Crippen LogP contribution < -0.4 is 4.90 Å². The van der Waals surface area contributed by atoms with Gasteiger partial charge in [-0.05, 0) is 80.0 Å². The maximum Gasteiger partial charge on any atom is 0.0651 e. The molecule has 0 amide bonds. The van der Waals surface area contributed by atoms with E-state index in [0.717, 1.165) is 5.39 Å². The molecule has 0 radical (unpaired) electrons. The molecule has 0 atom stereocenters. The van der Waals surface area contributed by atoms with E-state index < -0.39 is 131 Å². The normalized spacial score (nSPS) is 16.0. The van der Waals surface area contributed by atoms with E-state index in [0.29, 0.717) is 22.1 Å². The molecule has 1 nitrogen and oxygen atoms in total. The summed E-state index contributed by atoms with van der Waals surface area (Å²) in [4.78, 5) is 1.19. The predicted molar refractivity (Wildman–Crippen MR) is 200 cm³/mol. The van der Waals surface area contributed by atoms with Crippen molar-refractivity contribution in [3.8, 4) is 44.5 Å². The maximum absolute atomic E-state index is 9.80. The lowest BCUT2D eigenvalue weighted by atomic mass is 9.97. The van der Waals surface area contributed by atoms with E-state index in [-0.39, 0.29) is 16.9 Å². The number of hydrogen-bond acceptors (Lipinski definition) is 1. The van der Waals surface area contributed by atoms with Crippen LogP contribution in [-0.2, 0) is 0 Å². The van der Waals surface area contributed by atoms with E-state index in [1.807, 2.05) is 18.2 Å². The average molecular weight is 617 g/mol. The standard InChI is InChI=1S/C46H33N/c1-3-13-34(14-4-1)35-25-27-36(28-26-35)37-29-31-41(32-30-37)47(46-24-10-9-22-45(46)39-15-5-2-6-16-39)42-20-11-19-40(33-42)44-23-12-18-38-17-7-8-21-43(38)44/h1-33H/i1D,3D,4D,11D,13D,14D,19D,20D,25D,26D,27D,28D,29D,30D,31D,32D,33D. The Hall–Kier alpha value is -6.18. The second-order valence-corrected chi connectivity index (χ2v) is 10.4. The Morgan fingerprint density at radius 2 is 0.936 bits per heavy atom. The minimum Gasteiger partial charge on any atom is -0.310 e. The van der Waals surface area contributed by atoms with Crippen molar-refractivity contribution in [3.63, 3.8) is 0 Å². The third kappa shape index (κ3) is 5.72.